The Labute approximate surface area is 132 Å². The van der Waals surface area contributed by atoms with Crippen molar-refractivity contribution in [2.24, 2.45) is 5.92 Å². The maximum absolute atomic E-state index is 10.0. The van der Waals surface area contributed by atoms with E-state index in [2.05, 4.69) is 12.2 Å². The molecule has 0 spiro atoms. The van der Waals surface area contributed by atoms with Crippen molar-refractivity contribution >= 4 is 17.3 Å². The van der Waals surface area contributed by atoms with Crippen LogP contribution in [0.5, 0.6) is 0 Å². The topological polar surface area (TPSA) is 41.5 Å². The van der Waals surface area contributed by atoms with Gasteiger partial charge in [0.05, 0.1) is 18.8 Å². The summed E-state index contributed by atoms with van der Waals surface area (Å²) in [4.78, 5) is 0. The first-order valence-electron chi connectivity index (χ1n) is 7.84. The van der Waals surface area contributed by atoms with Crippen LogP contribution in [0.3, 0.4) is 0 Å². The van der Waals surface area contributed by atoms with Crippen molar-refractivity contribution in [3.05, 3.63) is 28.8 Å². The third kappa shape index (κ3) is 5.50. The summed E-state index contributed by atoms with van der Waals surface area (Å²) in [5, 5.41) is 14.0. The molecule has 1 saturated carbocycles. The standard InChI is InChI=1S/C17H26ClNO2/c1-12-3-7-16(8-4-12)21-11-15(20)10-19-17-9-14(18)6-5-13(17)2/h5-6,9,12,15-16,19-20H,3-4,7-8,10-11H2,1-2H3. The lowest BCUT2D eigenvalue weighted by molar-refractivity contribution is -0.0245. The lowest BCUT2D eigenvalue weighted by Crippen LogP contribution is -2.29. The van der Waals surface area contributed by atoms with Gasteiger partial charge in [0.1, 0.15) is 0 Å². The number of benzene rings is 1. The maximum atomic E-state index is 10.0. The molecular formula is C17H26ClNO2. The smallest absolute Gasteiger partial charge is 0.0945 e. The van der Waals surface area contributed by atoms with Gasteiger partial charge in [0.2, 0.25) is 0 Å². The van der Waals surface area contributed by atoms with Crippen LogP contribution >= 0.6 is 11.6 Å². The largest absolute Gasteiger partial charge is 0.389 e. The molecule has 0 bridgehead atoms. The minimum Gasteiger partial charge on any atom is -0.389 e. The molecule has 21 heavy (non-hydrogen) atoms. The quantitative estimate of drug-likeness (QED) is 0.834. The Kier molecular flexibility index (Phi) is 6.34. The molecule has 0 aliphatic heterocycles. The van der Waals surface area contributed by atoms with Crippen molar-refractivity contribution in [3.63, 3.8) is 0 Å². The van der Waals surface area contributed by atoms with Crippen LogP contribution < -0.4 is 5.32 Å². The molecule has 4 heteroatoms. The lowest BCUT2D eigenvalue weighted by Gasteiger charge is -2.27. The van der Waals surface area contributed by atoms with E-state index in [1.807, 2.05) is 25.1 Å². The second-order valence-electron chi connectivity index (χ2n) is 6.21. The molecule has 1 aliphatic carbocycles. The molecule has 3 nitrogen and oxygen atoms in total. The Morgan fingerprint density at radius 3 is 2.76 bits per heavy atom. The van der Waals surface area contributed by atoms with E-state index in [1.54, 1.807) is 0 Å². The first-order valence-corrected chi connectivity index (χ1v) is 8.22. The highest BCUT2D eigenvalue weighted by Gasteiger charge is 2.19. The Hall–Kier alpha value is -0.770. The highest BCUT2D eigenvalue weighted by Crippen LogP contribution is 2.25. The van der Waals surface area contributed by atoms with E-state index in [4.69, 9.17) is 16.3 Å². The van der Waals surface area contributed by atoms with Crippen molar-refractivity contribution in [2.45, 2.75) is 51.7 Å². The van der Waals surface area contributed by atoms with E-state index in [0.717, 1.165) is 30.0 Å². The molecule has 0 radical (unpaired) electrons. The zero-order valence-electron chi connectivity index (χ0n) is 12.9. The van der Waals surface area contributed by atoms with E-state index >= 15 is 0 Å². The maximum Gasteiger partial charge on any atom is 0.0945 e. The van der Waals surface area contributed by atoms with Gasteiger partial charge in [-0.3, -0.25) is 0 Å². The van der Waals surface area contributed by atoms with E-state index in [0.29, 0.717) is 24.3 Å². The van der Waals surface area contributed by atoms with Gasteiger partial charge in [-0.2, -0.15) is 0 Å². The molecule has 1 atom stereocenters. The van der Waals surface area contributed by atoms with Crippen LogP contribution in [-0.2, 0) is 4.74 Å². The van der Waals surface area contributed by atoms with Crippen LogP contribution in [0.15, 0.2) is 18.2 Å². The zero-order chi connectivity index (χ0) is 15.2. The summed E-state index contributed by atoms with van der Waals surface area (Å²) in [5.41, 5.74) is 2.09. The van der Waals surface area contributed by atoms with Gasteiger partial charge >= 0.3 is 0 Å². The fourth-order valence-electron chi connectivity index (χ4n) is 2.71. The molecule has 1 fully saturated rings. The Bertz CT molecular complexity index is 444. The molecule has 118 valence electrons. The third-order valence-corrected chi connectivity index (χ3v) is 4.45. The molecule has 2 N–H and O–H groups in total. The van der Waals surface area contributed by atoms with E-state index < -0.39 is 6.10 Å². The monoisotopic (exact) mass is 311 g/mol. The number of halogens is 1. The number of hydrogen-bond acceptors (Lipinski definition) is 3. The second-order valence-corrected chi connectivity index (χ2v) is 6.65. The van der Waals surface area contributed by atoms with Gasteiger partial charge in [0, 0.05) is 17.3 Å². The van der Waals surface area contributed by atoms with Crippen molar-refractivity contribution in [1.82, 2.24) is 0 Å². The molecule has 0 heterocycles. The van der Waals surface area contributed by atoms with Crippen LogP contribution in [-0.4, -0.2) is 30.5 Å². The van der Waals surface area contributed by atoms with E-state index in [1.165, 1.54) is 12.8 Å². The van der Waals surface area contributed by atoms with Crippen LogP contribution in [0, 0.1) is 12.8 Å². The van der Waals surface area contributed by atoms with Crippen LogP contribution in [0.1, 0.15) is 38.2 Å². The molecule has 1 aromatic carbocycles. The SMILES string of the molecule is Cc1ccc(Cl)cc1NCC(O)COC1CCC(C)CC1. The van der Waals surface area contributed by atoms with E-state index in [9.17, 15) is 5.11 Å². The van der Waals surface area contributed by atoms with Gasteiger partial charge in [0.25, 0.3) is 0 Å². The lowest BCUT2D eigenvalue weighted by atomic mass is 9.89. The molecule has 1 aliphatic rings. The van der Waals surface area contributed by atoms with Gasteiger partial charge < -0.3 is 15.2 Å². The number of aryl methyl sites for hydroxylation is 1. The fourth-order valence-corrected chi connectivity index (χ4v) is 2.89. The van der Waals surface area contributed by atoms with Gasteiger partial charge in [-0.15, -0.1) is 0 Å². The predicted molar refractivity (Wildman–Crippen MR) is 88.1 cm³/mol. The summed E-state index contributed by atoms with van der Waals surface area (Å²) in [6.07, 6.45) is 4.54. The first kappa shape index (κ1) is 16.6. The molecule has 0 saturated heterocycles. The Morgan fingerprint density at radius 2 is 2.05 bits per heavy atom. The van der Waals surface area contributed by atoms with E-state index in [-0.39, 0.29) is 0 Å². The Morgan fingerprint density at radius 1 is 1.33 bits per heavy atom. The number of aliphatic hydroxyl groups excluding tert-OH is 1. The third-order valence-electron chi connectivity index (χ3n) is 4.21. The van der Waals surface area contributed by atoms with Crippen molar-refractivity contribution in [2.75, 3.05) is 18.5 Å². The summed E-state index contributed by atoms with van der Waals surface area (Å²) >= 11 is 5.98. The predicted octanol–water partition coefficient (Wildman–Crippen LogP) is 4.02. The summed E-state index contributed by atoms with van der Waals surface area (Å²) in [7, 11) is 0. The van der Waals surface area contributed by atoms with Crippen LogP contribution in [0.25, 0.3) is 0 Å². The van der Waals surface area contributed by atoms with Crippen molar-refractivity contribution in [1.29, 1.82) is 0 Å². The van der Waals surface area contributed by atoms with Crippen LogP contribution in [0.4, 0.5) is 5.69 Å². The molecule has 2 rings (SSSR count). The van der Waals surface area contributed by atoms with Gasteiger partial charge in [-0.25, -0.2) is 0 Å². The van der Waals surface area contributed by atoms with Crippen molar-refractivity contribution < 1.29 is 9.84 Å². The van der Waals surface area contributed by atoms with Gasteiger partial charge in [0.15, 0.2) is 0 Å². The number of hydrogen-bond donors (Lipinski definition) is 2. The average molecular weight is 312 g/mol. The Balaban J connectivity index is 1.70. The molecule has 0 aromatic heterocycles. The normalized spacial score (nSPS) is 23.8. The van der Waals surface area contributed by atoms with Crippen molar-refractivity contribution in [3.8, 4) is 0 Å². The molecule has 1 aromatic rings. The number of ether oxygens (including phenoxy) is 1. The second kappa shape index (κ2) is 8.02. The summed E-state index contributed by atoms with van der Waals surface area (Å²) in [6, 6.07) is 5.72. The summed E-state index contributed by atoms with van der Waals surface area (Å²) < 4.78 is 5.82. The summed E-state index contributed by atoms with van der Waals surface area (Å²) in [6.45, 7) is 5.18. The van der Waals surface area contributed by atoms with Gasteiger partial charge in [-0.05, 0) is 56.2 Å². The van der Waals surface area contributed by atoms with Gasteiger partial charge in [-0.1, -0.05) is 24.6 Å². The number of anilines is 1. The number of nitrogens with one attached hydrogen (secondary N) is 1. The van der Waals surface area contributed by atoms with Crippen LogP contribution in [0.2, 0.25) is 5.02 Å². The number of rotatable bonds is 6. The average Bonchev–Trinajstić information content (AvgIpc) is 2.47. The zero-order valence-corrected chi connectivity index (χ0v) is 13.7. The highest BCUT2D eigenvalue weighted by atomic mass is 35.5. The molecular weight excluding hydrogens is 286 g/mol. The minimum absolute atomic E-state index is 0.323. The highest BCUT2D eigenvalue weighted by molar-refractivity contribution is 6.30. The number of aliphatic hydroxyl groups is 1. The molecule has 0 amide bonds. The fraction of sp³-hybridized carbons (Fsp3) is 0.647. The first-order chi connectivity index (χ1) is 10.0. The minimum atomic E-state index is -0.497. The molecule has 1 unspecified atom stereocenters. The summed E-state index contributed by atoms with van der Waals surface area (Å²) in [5.74, 6) is 0.822.